The minimum Gasteiger partial charge on any atom is -0.382 e. The number of aromatic nitrogens is 6. The first kappa shape index (κ1) is 31.7. The zero-order valence-electron chi connectivity index (χ0n) is 24.1. The molecule has 0 aliphatic heterocycles. The summed E-state index contributed by atoms with van der Waals surface area (Å²) in [4.78, 5) is 30.6. The summed E-state index contributed by atoms with van der Waals surface area (Å²) in [6.07, 6.45) is 4.14. The van der Waals surface area contributed by atoms with E-state index < -0.39 is 34.2 Å². The molecule has 0 aliphatic carbocycles. The van der Waals surface area contributed by atoms with E-state index in [0.717, 1.165) is 18.2 Å². The van der Waals surface area contributed by atoms with Crippen molar-refractivity contribution in [1.82, 2.24) is 29.5 Å². The average Bonchev–Trinajstić information content (AvgIpc) is 3.41. The van der Waals surface area contributed by atoms with Crippen molar-refractivity contribution in [3.8, 4) is 11.8 Å². The predicted molar refractivity (Wildman–Crippen MR) is 163 cm³/mol. The van der Waals surface area contributed by atoms with E-state index in [2.05, 4.69) is 35.6 Å². The van der Waals surface area contributed by atoms with Gasteiger partial charge in [0.1, 0.15) is 64.2 Å². The number of nitrogens with one attached hydrogen (secondary N) is 2. The number of nitro groups is 1. The summed E-state index contributed by atoms with van der Waals surface area (Å²) in [7, 11) is 0. The van der Waals surface area contributed by atoms with Gasteiger partial charge in [0.2, 0.25) is 5.82 Å². The van der Waals surface area contributed by atoms with E-state index in [1.54, 1.807) is 29.8 Å². The minimum atomic E-state index is -0.781. The Labute approximate surface area is 262 Å². The third-order valence-corrected chi connectivity index (χ3v) is 6.38. The highest BCUT2D eigenvalue weighted by Gasteiger charge is 2.22. The Morgan fingerprint density at radius 3 is 2.21 bits per heavy atom. The summed E-state index contributed by atoms with van der Waals surface area (Å²) >= 11 is 0. The van der Waals surface area contributed by atoms with Gasteiger partial charge in [-0.2, -0.15) is 5.26 Å². The number of nitriles is 1. The highest BCUT2D eigenvalue weighted by Crippen LogP contribution is 2.28. The maximum atomic E-state index is 13.9. The van der Waals surface area contributed by atoms with E-state index in [0.29, 0.717) is 23.1 Å². The molecule has 4 aromatic heterocycles. The number of anilines is 4. The molecule has 0 amide bonds. The number of rotatable bonds is 7. The standard InChI is InChI=1S/C19H14F2N8.C11H7F2N3O2/c1-10(27-17-14(8-22)16(23)25-9-26-17)18-28-15-3-2-4-24-19(15)29(18)13-6-11(20)5-12(21)7-13;12-7-4-8(13)6-9(5-7)15-11-10(16(17)18)2-1-3-14-11/h2-7,9-10H,1H3,(H3,23,25,26,27);1-6H,(H,14,15)/t10-;/m0./s1. The van der Waals surface area contributed by atoms with Gasteiger partial charge in [0.15, 0.2) is 5.65 Å². The molecular formula is C30H21F4N11O2. The molecule has 4 heterocycles. The first-order valence-electron chi connectivity index (χ1n) is 13.4. The Kier molecular flexibility index (Phi) is 9.12. The van der Waals surface area contributed by atoms with Crippen molar-refractivity contribution in [2.75, 3.05) is 16.4 Å². The predicted octanol–water partition coefficient (Wildman–Crippen LogP) is 6.13. The fraction of sp³-hybridized carbons (Fsp3) is 0.0667. The molecule has 0 saturated heterocycles. The molecule has 17 heteroatoms. The van der Waals surface area contributed by atoms with Crippen LogP contribution in [-0.4, -0.2) is 34.4 Å². The van der Waals surface area contributed by atoms with Crippen LogP contribution in [0.2, 0.25) is 0 Å². The van der Waals surface area contributed by atoms with E-state index in [9.17, 15) is 32.9 Å². The van der Waals surface area contributed by atoms with Crippen LogP contribution >= 0.6 is 0 Å². The van der Waals surface area contributed by atoms with Gasteiger partial charge in [0.05, 0.1) is 16.7 Å². The van der Waals surface area contributed by atoms with Gasteiger partial charge in [-0.15, -0.1) is 0 Å². The molecule has 0 unspecified atom stereocenters. The number of imidazole rings is 1. The maximum absolute atomic E-state index is 13.9. The summed E-state index contributed by atoms with van der Waals surface area (Å²) in [6, 6.07) is 13.5. The van der Waals surface area contributed by atoms with Crippen molar-refractivity contribution >= 4 is 40.0 Å². The third kappa shape index (κ3) is 7.17. The van der Waals surface area contributed by atoms with Crippen LogP contribution in [0.15, 0.2) is 79.4 Å². The Morgan fingerprint density at radius 2 is 1.55 bits per heavy atom. The van der Waals surface area contributed by atoms with Crippen LogP contribution in [0.4, 0.5) is 46.4 Å². The van der Waals surface area contributed by atoms with Gasteiger partial charge in [-0.05, 0) is 49.4 Å². The van der Waals surface area contributed by atoms with Gasteiger partial charge in [-0.3, -0.25) is 14.7 Å². The van der Waals surface area contributed by atoms with E-state index >= 15 is 0 Å². The highest BCUT2D eigenvalue weighted by atomic mass is 19.1. The number of fused-ring (bicyclic) bond motifs is 1. The molecule has 6 aromatic rings. The molecule has 0 fully saturated rings. The fourth-order valence-electron chi connectivity index (χ4n) is 4.44. The van der Waals surface area contributed by atoms with E-state index in [1.165, 1.54) is 36.8 Å². The summed E-state index contributed by atoms with van der Waals surface area (Å²) in [5.41, 5.74) is 6.81. The normalized spacial score (nSPS) is 11.2. The van der Waals surface area contributed by atoms with Crippen LogP contribution in [0, 0.1) is 44.7 Å². The molecule has 4 N–H and O–H groups in total. The smallest absolute Gasteiger partial charge is 0.311 e. The Bertz CT molecular complexity index is 2110. The first-order chi connectivity index (χ1) is 22.5. The van der Waals surface area contributed by atoms with Gasteiger partial charge in [0.25, 0.3) is 0 Å². The number of benzene rings is 2. The Balaban J connectivity index is 0.000000207. The molecule has 1 atom stereocenters. The van der Waals surface area contributed by atoms with E-state index in [-0.39, 0.29) is 40.1 Å². The lowest BCUT2D eigenvalue weighted by atomic mass is 10.2. The van der Waals surface area contributed by atoms with Crippen LogP contribution in [0.3, 0.4) is 0 Å². The average molecular weight is 644 g/mol. The van der Waals surface area contributed by atoms with Crippen molar-refractivity contribution in [3.63, 3.8) is 0 Å². The monoisotopic (exact) mass is 643 g/mol. The summed E-state index contributed by atoms with van der Waals surface area (Å²) < 4.78 is 55.2. The lowest BCUT2D eigenvalue weighted by Gasteiger charge is -2.17. The summed E-state index contributed by atoms with van der Waals surface area (Å²) in [5, 5.41) is 25.6. The molecule has 0 radical (unpaired) electrons. The van der Waals surface area contributed by atoms with Crippen molar-refractivity contribution in [2.45, 2.75) is 13.0 Å². The molecule has 236 valence electrons. The molecule has 0 saturated carbocycles. The molecule has 6 rings (SSSR count). The third-order valence-electron chi connectivity index (χ3n) is 6.38. The number of pyridine rings is 2. The zero-order valence-corrected chi connectivity index (χ0v) is 24.1. The van der Waals surface area contributed by atoms with Crippen LogP contribution in [-0.2, 0) is 0 Å². The highest BCUT2D eigenvalue weighted by molar-refractivity contribution is 5.74. The second-order valence-electron chi connectivity index (χ2n) is 9.65. The lowest BCUT2D eigenvalue weighted by molar-refractivity contribution is -0.384. The topological polar surface area (TPSA) is 186 Å². The second-order valence-corrected chi connectivity index (χ2v) is 9.65. The van der Waals surface area contributed by atoms with Crippen molar-refractivity contribution < 1.29 is 22.5 Å². The first-order valence-corrected chi connectivity index (χ1v) is 13.4. The SMILES string of the molecule is C[C@H](Nc1ncnc(N)c1C#N)c1nc2cccnc2n1-c1cc(F)cc(F)c1.O=[N+]([O-])c1cccnc1Nc1cc(F)cc(F)c1. The Hall–Kier alpha value is -6.70. The van der Waals surface area contributed by atoms with Crippen molar-refractivity contribution in [3.05, 3.63) is 124 Å². The van der Waals surface area contributed by atoms with Gasteiger partial charge < -0.3 is 16.4 Å². The van der Waals surface area contributed by atoms with Crippen LogP contribution < -0.4 is 16.4 Å². The second kappa shape index (κ2) is 13.5. The van der Waals surface area contributed by atoms with Gasteiger partial charge in [0, 0.05) is 36.3 Å². The van der Waals surface area contributed by atoms with Crippen molar-refractivity contribution in [2.24, 2.45) is 0 Å². The fourth-order valence-corrected chi connectivity index (χ4v) is 4.44. The molecule has 0 bridgehead atoms. The molecular weight excluding hydrogens is 622 g/mol. The van der Waals surface area contributed by atoms with E-state index in [4.69, 9.17) is 5.73 Å². The quantitative estimate of drug-likeness (QED) is 0.103. The van der Waals surface area contributed by atoms with E-state index in [1.807, 2.05) is 6.07 Å². The maximum Gasteiger partial charge on any atom is 0.311 e. The molecule has 0 spiro atoms. The molecule has 47 heavy (non-hydrogen) atoms. The van der Waals surface area contributed by atoms with Gasteiger partial charge in [-0.1, -0.05) is 0 Å². The Morgan fingerprint density at radius 1 is 0.915 bits per heavy atom. The zero-order chi connectivity index (χ0) is 33.7. The van der Waals surface area contributed by atoms with Crippen LogP contribution in [0.1, 0.15) is 24.4 Å². The molecule has 0 aliphatic rings. The number of nitrogens with zero attached hydrogens (tertiary/aromatic N) is 8. The van der Waals surface area contributed by atoms with Crippen LogP contribution in [0.5, 0.6) is 0 Å². The van der Waals surface area contributed by atoms with Crippen LogP contribution in [0.25, 0.3) is 16.9 Å². The number of nitrogens with two attached hydrogens (primary N) is 1. The lowest BCUT2D eigenvalue weighted by Crippen LogP contribution is -2.16. The number of hydrogen-bond acceptors (Lipinski definition) is 11. The van der Waals surface area contributed by atoms with Crippen molar-refractivity contribution in [1.29, 1.82) is 5.26 Å². The summed E-state index contributed by atoms with van der Waals surface area (Å²) in [6.45, 7) is 1.77. The molecule has 2 aromatic carbocycles. The number of halogens is 4. The molecule has 13 nitrogen and oxygen atoms in total. The minimum absolute atomic E-state index is 0.0413. The van der Waals surface area contributed by atoms with Gasteiger partial charge >= 0.3 is 5.69 Å². The number of hydrogen-bond donors (Lipinski definition) is 3. The largest absolute Gasteiger partial charge is 0.382 e. The number of nitrogen functional groups attached to an aromatic ring is 1. The van der Waals surface area contributed by atoms with Gasteiger partial charge in [-0.25, -0.2) is 42.5 Å². The summed E-state index contributed by atoms with van der Waals surface area (Å²) in [5.74, 6) is -2.40.